The van der Waals surface area contributed by atoms with Gasteiger partial charge in [0.05, 0.1) is 12.1 Å². The summed E-state index contributed by atoms with van der Waals surface area (Å²) < 4.78 is 7.24. The second-order valence-corrected chi connectivity index (χ2v) is 8.19. The van der Waals surface area contributed by atoms with Gasteiger partial charge in [0.25, 0.3) is 0 Å². The molecule has 2 N–H and O–H groups in total. The Balaban J connectivity index is 1.62. The Kier molecular flexibility index (Phi) is 3.81. The van der Waals surface area contributed by atoms with Crippen LogP contribution in [0.4, 0.5) is 0 Å². The molecule has 5 heteroatoms. The number of aromatic nitrogens is 1. The zero-order valence-corrected chi connectivity index (χ0v) is 15.9. The maximum atomic E-state index is 6.32. The first kappa shape index (κ1) is 15.7. The predicted octanol–water partition coefficient (Wildman–Crippen LogP) is 5.32. The summed E-state index contributed by atoms with van der Waals surface area (Å²) in [5.41, 5.74) is 4.82. The van der Waals surface area contributed by atoms with Gasteiger partial charge in [0.15, 0.2) is 0 Å². The molecule has 2 saturated heterocycles. The summed E-state index contributed by atoms with van der Waals surface area (Å²) in [6.45, 7) is 0.797. The first-order valence-electron chi connectivity index (χ1n) is 8.63. The van der Waals surface area contributed by atoms with Crippen LogP contribution in [0.1, 0.15) is 24.4 Å². The monoisotopic (exact) mass is 416 g/mol. The molecule has 0 spiro atoms. The van der Waals surface area contributed by atoms with E-state index >= 15 is 0 Å². The van der Waals surface area contributed by atoms with Crippen molar-refractivity contribution in [3.05, 3.63) is 69.0 Å². The molecule has 5 rings (SSSR count). The second kappa shape index (κ2) is 6.04. The Morgan fingerprint density at radius 3 is 3.08 bits per heavy atom. The lowest BCUT2D eigenvalue weighted by atomic mass is 9.80. The summed E-state index contributed by atoms with van der Waals surface area (Å²) in [6.07, 6.45) is 10.5. The molecule has 3 heterocycles. The zero-order valence-electron chi connectivity index (χ0n) is 13.6. The SMILES string of the molecule is ClC1=CCC=C2NC(c3c[nH]c4ccc(Br)cc34)C3CCOC3C2=C1. The Morgan fingerprint density at radius 2 is 2.16 bits per heavy atom. The van der Waals surface area contributed by atoms with Crippen LogP contribution in [-0.4, -0.2) is 17.7 Å². The van der Waals surface area contributed by atoms with Crippen LogP contribution >= 0.6 is 27.5 Å². The summed E-state index contributed by atoms with van der Waals surface area (Å²) in [6, 6.07) is 6.62. The van der Waals surface area contributed by atoms with Crippen molar-refractivity contribution >= 4 is 38.4 Å². The lowest BCUT2D eigenvalue weighted by Crippen LogP contribution is -2.41. The maximum Gasteiger partial charge on any atom is 0.0897 e. The number of aromatic amines is 1. The summed E-state index contributed by atoms with van der Waals surface area (Å²) in [4.78, 5) is 3.42. The number of hydrogen-bond acceptors (Lipinski definition) is 2. The Labute approximate surface area is 159 Å². The number of nitrogens with one attached hydrogen (secondary N) is 2. The van der Waals surface area contributed by atoms with Crippen molar-refractivity contribution in [2.75, 3.05) is 6.61 Å². The highest BCUT2D eigenvalue weighted by Crippen LogP contribution is 2.45. The van der Waals surface area contributed by atoms with Crippen LogP contribution in [0.15, 0.2) is 63.4 Å². The van der Waals surface area contributed by atoms with E-state index in [-0.39, 0.29) is 12.1 Å². The van der Waals surface area contributed by atoms with Crippen molar-refractivity contribution in [3.63, 3.8) is 0 Å². The number of piperidine rings is 1. The molecule has 1 aromatic heterocycles. The molecular weight excluding hydrogens is 400 g/mol. The number of ether oxygens (including phenoxy) is 1. The van der Waals surface area contributed by atoms with Gasteiger partial charge in [-0.15, -0.1) is 0 Å². The molecule has 2 fully saturated rings. The maximum absolute atomic E-state index is 6.32. The van der Waals surface area contributed by atoms with Gasteiger partial charge in [0, 0.05) is 56.0 Å². The highest BCUT2D eigenvalue weighted by atomic mass is 79.9. The number of rotatable bonds is 1. The smallest absolute Gasteiger partial charge is 0.0897 e. The van der Waals surface area contributed by atoms with Gasteiger partial charge in [0.1, 0.15) is 0 Å². The third-order valence-electron chi connectivity index (χ3n) is 5.43. The van der Waals surface area contributed by atoms with Gasteiger partial charge in [-0.2, -0.15) is 0 Å². The Morgan fingerprint density at radius 1 is 1.24 bits per heavy atom. The average molecular weight is 418 g/mol. The fraction of sp³-hybridized carbons (Fsp3) is 0.300. The summed E-state index contributed by atoms with van der Waals surface area (Å²) in [5, 5.41) is 5.84. The lowest BCUT2D eigenvalue weighted by Gasteiger charge is -2.38. The van der Waals surface area contributed by atoms with Crippen molar-refractivity contribution in [1.82, 2.24) is 10.3 Å². The van der Waals surface area contributed by atoms with E-state index in [1.165, 1.54) is 16.5 Å². The molecule has 25 heavy (non-hydrogen) atoms. The molecule has 0 bridgehead atoms. The molecule has 1 aromatic carbocycles. The number of fused-ring (bicyclic) bond motifs is 4. The molecule has 128 valence electrons. The van der Waals surface area contributed by atoms with Crippen LogP contribution < -0.4 is 5.32 Å². The van der Waals surface area contributed by atoms with Crippen LogP contribution in [-0.2, 0) is 4.74 Å². The summed E-state index contributed by atoms with van der Waals surface area (Å²) >= 11 is 9.92. The van der Waals surface area contributed by atoms with Gasteiger partial charge in [-0.25, -0.2) is 0 Å². The van der Waals surface area contributed by atoms with E-state index in [0.717, 1.165) is 40.2 Å². The third kappa shape index (κ3) is 2.59. The van der Waals surface area contributed by atoms with Gasteiger partial charge in [-0.1, -0.05) is 39.7 Å². The summed E-state index contributed by atoms with van der Waals surface area (Å²) in [5.74, 6) is 0.406. The Bertz CT molecular complexity index is 942. The van der Waals surface area contributed by atoms with Crippen LogP contribution in [0.2, 0.25) is 0 Å². The van der Waals surface area contributed by atoms with E-state index in [4.69, 9.17) is 16.3 Å². The number of benzene rings is 1. The third-order valence-corrected chi connectivity index (χ3v) is 6.19. The minimum absolute atomic E-state index is 0.106. The van der Waals surface area contributed by atoms with Crippen molar-refractivity contribution in [1.29, 1.82) is 0 Å². The standard InChI is InChI=1S/C20H18BrClN2O/c21-11-4-5-17-14(8-11)16(10-23-17)19-13-6-7-25-20(13)15-9-12(22)2-1-3-18(15)24-19/h2-5,8-10,13,19-20,23-24H,1,6-7H2. The van der Waals surface area contributed by atoms with Gasteiger partial charge in [0.2, 0.25) is 0 Å². The topological polar surface area (TPSA) is 37.0 Å². The van der Waals surface area contributed by atoms with Crippen LogP contribution in [0, 0.1) is 5.92 Å². The molecular formula is C20H18BrClN2O. The molecule has 1 aliphatic carbocycles. The van der Waals surface area contributed by atoms with E-state index < -0.39 is 0 Å². The molecule has 0 saturated carbocycles. The highest BCUT2D eigenvalue weighted by molar-refractivity contribution is 9.10. The molecule has 0 amide bonds. The molecule has 2 aliphatic heterocycles. The van der Waals surface area contributed by atoms with E-state index in [2.05, 4.69) is 62.8 Å². The van der Waals surface area contributed by atoms with E-state index in [1.54, 1.807) is 0 Å². The van der Waals surface area contributed by atoms with Crippen LogP contribution in [0.25, 0.3) is 10.9 Å². The lowest BCUT2D eigenvalue weighted by molar-refractivity contribution is 0.101. The van der Waals surface area contributed by atoms with Crippen LogP contribution in [0.3, 0.4) is 0 Å². The first-order valence-corrected chi connectivity index (χ1v) is 9.80. The largest absolute Gasteiger partial charge is 0.378 e. The van der Waals surface area contributed by atoms with Crippen molar-refractivity contribution in [2.24, 2.45) is 5.92 Å². The number of halogens is 2. The van der Waals surface area contributed by atoms with E-state index in [0.29, 0.717) is 5.92 Å². The van der Waals surface area contributed by atoms with Crippen molar-refractivity contribution in [3.8, 4) is 0 Å². The predicted molar refractivity (Wildman–Crippen MR) is 104 cm³/mol. The molecule has 3 atom stereocenters. The quantitative estimate of drug-likeness (QED) is 0.659. The van der Waals surface area contributed by atoms with Gasteiger partial charge < -0.3 is 15.0 Å². The fourth-order valence-electron chi connectivity index (χ4n) is 4.29. The number of H-pyrrole nitrogens is 1. The highest BCUT2D eigenvalue weighted by Gasteiger charge is 2.43. The van der Waals surface area contributed by atoms with Gasteiger partial charge >= 0.3 is 0 Å². The normalized spacial score (nSPS) is 28.4. The van der Waals surface area contributed by atoms with Gasteiger partial charge in [-0.3, -0.25) is 0 Å². The number of allylic oxidation sites excluding steroid dienone is 4. The number of hydrogen-bond donors (Lipinski definition) is 2. The van der Waals surface area contributed by atoms with Crippen molar-refractivity contribution < 1.29 is 4.74 Å². The first-order chi connectivity index (χ1) is 12.2. The van der Waals surface area contributed by atoms with Gasteiger partial charge in [-0.05, 0) is 37.1 Å². The molecule has 3 aliphatic rings. The van der Waals surface area contributed by atoms with E-state index in [1.807, 2.05) is 6.08 Å². The minimum atomic E-state index is 0.106. The molecule has 2 aromatic rings. The minimum Gasteiger partial charge on any atom is -0.378 e. The van der Waals surface area contributed by atoms with E-state index in [9.17, 15) is 0 Å². The summed E-state index contributed by atoms with van der Waals surface area (Å²) in [7, 11) is 0. The molecule has 0 radical (unpaired) electrons. The Hall–Kier alpha value is -1.49. The van der Waals surface area contributed by atoms with Crippen molar-refractivity contribution in [2.45, 2.75) is 25.0 Å². The molecule has 3 unspecified atom stereocenters. The zero-order chi connectivity index (χ0) is 17.0. The average Bonchev–Trinajstić information content (AvgIpc) is 3.19. The van der Waals surface area contributed by atoms with Crippen LogP contribution in [0.5, 0.6) is 0 Å². The fourth-order valence-corrected chi connectivity index (χ4v) is 4.86. The second-order valence-electron chi connectivity index (χ2n) is 6.84. The molecule has 3 nitrogen and oxygen atoms in total.